The van der Waals surface area contributed by atoms with Crippen LogP contribution in [0.5, 0.6) is 0 Å². The van der Waals surface area contributed by atoms with Crippen molar-refractivity contribution in [2.75, 3.05) is 13.1 Å². The first-order valence-electron chi connectivity index (χ1n) is 5.08. The van der Waals surface area contributed by atoms with Gasteiger partial charge in [0.15, 0.2) is 0 Å². The molecule has 0 aromatic carbocycles. The van der Waals surface area contributed by atoms with Crippen molar-refractivity contribution in [1.29, 1.82) is 0 Å². The minimum Gasteiger partial charge on any atom is -0.315 e. The van der Waals surface area contributed by atoms with Crippen LogP contribution in [0.3, 0.4) is 0 Å². The van der Waals surface area contributed by atoms with E-state index in [1.54, 1.807) is 0 Å². The zero-order valence-electron chi connectivity index (χ0n) is 8.72. The largest absolute Gasteiger partial charge is 0.315 e. The van der Waals surface area contributed by atoms with Crippen LogP contribution in [0.1, 0.15) is 27.7 Å². The van der Waals surface area contributed by atoms with Crippen molar-refractivity contribution in [3.05, 3.63) is 0 Å². The summed E-state index contributed by atoms with van der Waals surface area (Å²) in [6.07, 6.45) is 0. The Morgan fingerprint density at radius 3 is 2.33 bits per heavy atom. The third-order valence-electron chi connectivity index (χ3n) is 2.99. The lowest BCUT2D eigenvalue weighted by Crippen LogP contribution is -2.43. The normalized spacial score (nSPS) is 32.8. The third-order valence-corrected chi connectivity index (χ3v) is 2.99. The predicted octanol–water partition coefficient (Wildman–Crippen LogP) is 1.23. The van der Waals surface area contributed by atoms with E-state index in [-0.39, 0.29) is 0 Å². The van der Waals surface area contributed by atoms with Crippen LogP contribution in [-0.4, -0.2) is 25.2 Å². The van der Waals surface area contributed by atoms with Crippen molar-refractivity contribution in [2.45, 2.75) is 39.8 Å². The quantitative estimate of drug-likeness (QED) is 0.665. The maximum Gasteiger partial charge on any atom is 0.0232 e. The standard InChI is InChI=1S/C10H22N2/c1-7(2)9(4)12-10-6-11-5-8(10)3/h7-12H,5-6H2,1-4H3. The highest BCUT2D eigenvalue weighted by Gasteiger charge is 2.24. The lowest BCUT2D eigenvalue weighted by atomic mass is 10.0. The van der Waals surface area contributed by atoms with E-state index in [1.807, 2.05) is 0 Å². The lowest BCUT2D eigenvalue weighted by Gasteiger charge is -2.24. The molecular weight excluding hydrogens is 148 g/mol. The van der Waals surface area contributed by atoms with Crippen LogP contribution in [0.2, 0.25) is 0 Å². The third kappa shape index (κ3) is 2.46. The molecule has 12 heavy (non-hydrogen) atoms. The van der Waals surface area contributed by atoms with E-state index >= 15 is 0 Å². The van der Waals surface area contributed by atoms with Gasteiger partial charge in [-0.05, 0) is 25.3 Å². The van der Waals surface area contributed by atoms with Gasteiger partial charge < -0.3 is 10.6 Å². The topological polar surface area (TPSA) is 24.1 Å². The first-order chi connectivity index (χ1) is 5.61. The van der Waals surface area contributed by atoms with Gasteiger partial charge >= 0.3 is 0 Å². The van der Waals surface area contributed by atoms with Crippen LogP contribution in [0.4, 0.5) is 0 Å². The van der Waals surface area contributed by atoms with Crippen molar-refractivity contribution < 1.29 is 0 Å². The van der Waals surface area contributed by atoms with E-state index in [9.17, 15) is 0 Å². The maximum atomic E-state index is 3.67. The average Bonchev–Trinajstić information content (AvgIpc) is 2.36. The van der Waals surface area contributed by atoms with E-state index in [1.165, 1.54) is 6.54 Å². The molecule has 1 heterocycles. The highest BCUT2D eigenvalue weighted by molar-refractivity contribution is 4.86. The van der Waals surface area contributed by atoms with Crippen LogP contribution >= 0.6 is 0 Å². The fourth-order valence-corrected chi connectivity index (χ4v) is 1.56. The number of nitrogens with one attached hydrogen (secondary N) is 2. The average molecular weight is 170 g/mol. The van der Waals surface area contributed by atoms with Crippen molar-refractivity contribution in [3.8, 4) is 0 Å². The Balaban J connectivity index is 2.30. The van der Waals surface area contributed by atoms with Gasteiger partial charge in [0.05, 0.1) is 0 Å². The highest BCUT2D eigenvalue weighted by Crippen LogP contribution is 2.10. The first-order valence-corrected chi connectivity index (χ1v) is 5.08. The summed E-state index contributed by atoms with van der Waals surface area (Å²) in [6.45, 7) is 11.4. The Labute approximate surface area is 76.1 Å². The Bertz CT molecular complexity index is 134. The van der Waals surface area contributed by atoms with Crippen molar-refractivity contribution in [3.63, 3.8) is 0 Å². The molecule has 0 radical (unpaired) electrons. The molecule has 0 amide bonds. The van der Waals surface area contributed by atoms with Crippen molar-refractivity contribution in [1.82, 2.24) is 10.6 Å². The Kier molecular flexibility index (Phi) is 3.53. The molecule has 2 N–H and O–H groups in total. The molecule has 72 valence electrons. The van der Waals surface area contributed by atoms with E-state index < -0.39 is 0 Å². The summed E-state index contributed by atoms with van der Waals surface area (Å²) in [6, 6.07) is 1.32. The number of hydrogen-bond acceptors (Lipinski definition) is 2. The molecule has 1 aliphatic rings. The van der Waals surface area contributed by atoms with Gasteiger partial charge in [-0.3, -0.25) is 0 Å². The SMILES string of the molecule is CC(C)C(C)NC1CNCC1C. The molecule has 0 aromatic rings. The molecule has 1 rings (SSSR count). The van der Waals surface area contributed by atoms with E-state index in [0.29, 0.717) is 12.1 Å². The fourth-order valence-electron chi connectivity index (χ4n) is 1.56. The van der Waals surface area contributed by atoms with Crippen molar-refractivity contribution >= 4 is 0 Å². The van der Waals surface area contributed by atoms with Gasteiger partial charge in [-0.1, -0.05) is 20.8 Å². The monoisotopic (exact) mass is 170 g/mol. The van der Waals surface area contributed by atoms with Gasteiger partial charge in [0.1, 0.15) is 0 Å². The Morgan fingerprint density at radius 1 is 1.25 bits per heavy atom. The Morgan fingerprint density at radius 2 is 1.92 bits per heavy atom. The van der Waals surface area contributed by atoms with Gasteiger partial charge in [-0.15, -0.1) is 0 Å². The second-order valence-corrected chi connectivity index (χ2v) is 4.44. The number of hydrogen-bond donors (Lipinski definition) is 2. The van der Waals surface area contributed by atoms with Crippen LogP contribution < -0.4 is 10.6 Å². The van der Waals surface area contributed by atoms with Crippen LogP contribution in [0, 0.1) is 11.8 Å². The molecule has 3 atom stereocenters. The zero-order chi connectivity index (χ0) is 9.14. The minimum atomic E-state index is 0.636. The molecule has 0 aliphatic carbocycles. The Hall–Kier alpha value is -0.0800. The summed E-state index contributed by atoms with van der Waals surface area (Å²) < 4.78 is 0. The first kappa shape index (κ1) is 10.0. The van der Waals surface area contributed by atoms with Crippen LogP contribution in [0.15, 0.2) is 0 Å². The van der Waals surface area contributed by atoms with Gasteiger partial charge in [0.2, 0.25) is 0 Å². The molecule has 2 heteroatoms. The van der Waals surface area contributed by atoms with Crippen LogP contribution in [0.25, 0.3) is 0 Å². The van der Waals surface area contributed by atoms with E-state index in [0.717, 1.165) is 18.4 Å². The molecule has 1 fully saturated rings. The molecule has 0 spiro atoms. The second kappa shape index (κ2) is 4.24. The lowest BCUT2D eigenvalue weighted by molar-refractivity contribution is 0.348. The number of rotatable bonds is 3. The molecule has 1 aliphatic heterocycles. The minimum absolute atomic E-state index is 0.636. The van der Waals surface area contributed by atoms with Gasteiger partial charge in [-0.25, -0.2) is 0 Å². The molecule has 0 aromatic heterocycles. The van der Waals surface area contributed by atoms with Gasteiger partial charge in [0, 0.05) is 18.6 Å². The highest BCUT2D eigenvalue weighted by atomic mass is 15.1. The van der Waals surface area contributed by atoms with Crippen LogP contribution in [-0.2, 0) is 0 Å². The summed E-state index contributed by atoms with van der Waals surface area (Å²) in [5.74, 6) is 1.52. The van der Waals surface area contributed by atoms with Gasteiger partial charge in [-0.2, -0.15) is 0 Å². The molecule has 0 bridgehead atoms. The van der Waals surface area contributed by atoms with Gasteiger partial charge in [0.25, 0.3) is 0 Å². The summed E-state index contributed by atoms with van der Waals surface area (Å²) >= 11 is 0. The molecule has 2 nitrogen and oxygen atoms in total. The van der Waals surface area contributed by atoms with E-state index in [4.69, 9.17) is 0 Å². The summed E-state index contributed by atoms with van der Waals surface area (Å²) in [5, 5.41) is 7.07. The smallest absolute Gasteiger partial charge is 0.0232 e. The zero-order valence-corrected chi connectivity index (χ0v) is 8.72. The summed E-state index contributed by atoms with van der Waals surface area (Å²) in [7, 11) is 0. The summed E-state index contributed by atoms with van der Waals surface area (Å²) in [4.78, 5) is 0. The molecular formula is C10H22N2. The fraction of sp³-hybridized carbons (Fsp3) is 1.00. The predicted molar refractivity (Wildman–Crippen MR) is 53.3 cm³/mol. The van der Waals surface area contributed by atoms with E-state index in [2.05, 4.69) is 38.3 Å². The van der Waals surface area contributed by atoms with Crippen molar-refractivity contribution in [2.24, 2.45) is 11.8 Å². The molecule has 0 saturated carbocycles. The molecule has 1 saturated heterocycles. The second-order valence-electron chi connectivity index (χ2n) is 4.44. The summed E-state index contributed by atoms with van der Waals surface area (Å²) in [5.41, 5.74) is 0. The molecule has 3 unspecified atom stereocenters. The maximum absolute atomic E-state index is 3.67.